The Morgan fingerprint density at radius 1 is 1.08 bits per heavy atom. The number of nitrogens with zero attached hydrogens (tertiary/aromatic N) is 3. The zero-order chi connectivity index (χ0) is 16.4. The normalized spacial score (nSPS) is 15.8. The molecule has 5 heteroatoms. The number of hydrazine groups is 1. The van der Waals surface area contributed by atoms with E-state index in [1.165, 1.54) is 40.6 Å². The van der Waals surface area contributed by atoms with Gasteiger partial charge in [-0.15, -0.1) is 0 Å². The van der Waals surface area contributed by atoms with Crippen molar-refractivity contribution >= 4 is 22.1 Å². The SMILES string of the molecule is CNc1ccc(N2CCCCN2Cc2cn[nH]c2)c2ccccc12. The lowest BCUT2D eigenvalue weighted by Crippen LogP contribution is -2.47. The lowest BCUT2D eigenvalue weighted by atomic mass is 10.1. The zero-order valence-electron chi connectivity index (χ0n) is 14.0. The molecule has 2 heterocycles. The fraction of sp³-hybridized carbons (Fsp3) is 0.316. The molecular formula is C19H23N5. The highest BCUT2D eigenvalue weighted by molar-refractivity contribution is 6.02. The first-order chi connectivity index (χ1) is 11.9. The second-order valence-electron chi connectivity index (χ2n) is 6.25. The fourth-order valence-corrected chi connectivity index (χ4v) is 3.56. The number of nitrogens with one attached hydrogen (secondary N) is 2. The van der Waals surface area contributed by atoms with E-state index >= 15 is 0 Å². The van der Waals surface area contributed by atoms with Crippen LogP contribution in [0.3, 0.4) is 0 Å². The molecule has 0 spiro atoms. The number of H-pyrrole nitrogens is 1. The van der Waals surface area contributed by atoms with Crippen molar-refractivity contribution in [1.82, 2.24) is 15.2 Å². The number of anilines is 2. The van der Waals surface area contributed by atoms with Crippen LogP contribution in [0.5, 0.6) is 0 Å². The molecule has 0 unspecified atom stereocenters. The average Bonchev–Trinajstić information content (AvgIpc) is 3.14. The Bertz CT molecular complexity index is 812. The largest absolute Gasteiger partial charge is 0.388 e. The number of fused-ring (bicyclic) bond motifs is 1. The van der Waals surface area contributed by atoms with Gasteiger partial charge in [-0.1, -0.05) is 24.3 Å². The van der Waals surface area contributed by atoms with Gasteiger partial charge in [0.05, 0.1) is 11.9 Å². The van der Waals surface area contributed by atoms with Gasteiger partial charge in [-0.3, -0.25) is 5.10 Å². The van der Waals surface area contributed by atoms with E-state index in [1.54, 1.807) is 0 Å². The standard InChI is InChI=1S/C19H23N5/c1-20-18-8-9-19(17-7-3-2-6-16(17)18)24-11-5-4-10-23(24)14-15-12-21-22-13-15/h2-3,6-9,12-13,20H,4-5,10-11,14H2,1H3,(H,21,22). The molecule has 2 aromatic carbocycles. The smallest absolute Gasteiger partial charge is 0.0602 e. The van der Waals surface area contributed by atoms with Crippen LogP contribution in [0.4, 0.5) is 11.4 Å². The van der Waals surface area contributed by atoms with Crippen molar-refractivity contribution in [3.05, 3.63) is 54.4 Å². The van der Waals surface area contributed by atoms with E-state index in [-0.39, 0.29) is 0 Å². The first kappa shape index (κ1) is 15.0. The molecule has 1 fully saturated rings. The van der Waals surface area contributed by atoms with E-state index in [0.717, 1.165) is 19.6 Å². The van der Waals surface area contributed by atoms with Gasteiger partial charge in [0.2, 0.25) is 0 Å². The lowest BCUT2D eigenvalue weighted by molar-refractivity contribution is 0.205. The van der Waals surface area contributed by atoms with Crippen molar-refractivity contribution in [3.63, 3.8) is 0 Å². The van der Waals surface area contributed by atoms with E-state index in [0.29, 0.717) is 0 Å². The van der Waals surface area contributed by atoms with Crippen LogP contribution in [0.2, 0.25) is 0 Å². The summed E-state index contributed by atoms with van der Waals surface area (Å²) in [5, 5.41) is 17.7. The van der Waals surface area contributed by atoms with Crippen molar-refractivity contribution in [3.8, 4) is 0 Å². The third-order valence-corrected chi connectivity index (χ3v) is 4.75. The van der Waals surface area contributed by atoms with E-state index in [4.69, 9.17) is 0 Å². The van der Waals surface area contributed by atoms with Gasteiger partial charge >= 0.3 is 0 Å². The lowest BCUT2D eigenvalue weighted by Gasteiger charge is -2.40. The highest BCUT2D eigenvalue weighted by Gasteiger charge is 2.22. The van der Waals surface area contributed by atoms with Crippen LogP contribution in [0.15, 0.2) is 48.8 Å². The van der Waals surface area contributed by atoms with Crippen LogP contribution < -0.4 is 10.3 Å². The van der Waals surface area contributed by atoms with E-state index in [2.05, 4.69) is 61.9 Å². The minimum atomic E-state index is 0.888. The quantitative estimate of drug-likeness (QED) is 0.770. The van der Waals surface area contributed by atoms with Gasteiger partial charge in [0.25, 0.3) is 0 Å². The minimum Gasteiger partial charge on any atom is -0.388 e. The Hall–Kier alpha value is -2.53. The maximum absolute atomic E-state index is 4.08. The van der Waals surface area contributed by atoms with E-state index in [9.17, 15) is 0 Å². The molecule has 1 aliphatic heterocycles. The van der Waals surface area contributed by atoms with Crippen LogP contribution in [-0.2, 0) is 6.54 Å². The summed E-state index contributed by atoms with van der Waals surface area (Å²) in [6.45, 7) is 3.02. The summed E-state index contributed by atoms with van der Waals surface area (Å²) < 4.78 is 0. The van der Waals surface area contributed by atoms with Crippen molar-refractivity contribution < 1.29 is 0 Å². The summed E-state index contributed by atoms with van der Waals surface area (Å²) in [7, 11) is 1.98. The van der Waals surface area contributed by atoms with Crippen molar-refractivity contribution in [2.45, 2.75) is 19.4 Å². The van der Waals surface area contributed by atoms with Crippen LogP contribution in [0.25, 0.3) is 10.8 Å². The molecular weight excluding hydrogens is 298 g/mol. The van der Waals surface area contributed by atoms with E-state index in [1.807, 2.05) is 19.4 Å². The third-order valence-electron chi connectivity index (χ3n) is 4.75. The van der Waals surface area contributed by atoms with Crippen molar-refractivity contribution in [1.29, 1.82) is 0 Å². The topological polar surface area (TPSA) is 47.2 Å². The molecule has 4 rings (SSSR count). The molecule has 124 valence electrons. The molecule has 3 aromatic rings. The first-order valence-corrected chi connectivity index (χ1v) is 8.56. The van der Waals surface area contributed by atoms with Gasteiger partial charge in [-0.25, -0.2) is 5.01 Å². The Labute approximate surface area is 142 Å². The fourth-order valence-electron chi connectivity index (χ4n) is 3.56. The maximum Gasteiger partial charge on any atom is 0.0602 e. The molecule has 0 saturated carbocycles. The molecule has 5 nitrogen and oxygen atoms in total. The van der Waals surface area contributed by atoms with Crippen LogP contribution in [0, 0.1) is 0 Å². The maximum atomic E-state index is 4.08. The van der Waals surface area contributed by atoms with Crippen molar-refractivity contribution in [2.75, 3.05) is 30.5 Å². The summed E-state index contributed by atoms with van der Waals surface area (Å²) in [6.07, 6.45) is 6.36. The number of benzene rings is 2. The number of hydrogen-bond donors (Lipinski definition) is 2. The molecule has 0 aliphatic carbocycles. The first-order valence-electron chi connectivity index (χ1n) is 8.56. The third kappa shape index (κ3) is 2.71. The summed E-state index contributed by atoms with van der Waals surface area (Å²) >= 11 is 0. The summed E-state index contributed by atoms with van der Waals surface area (Å²) in [5.74, 6) is 0. The summed E-state index contributed by atoms with van der Waals surface area (Å²) in [5.41, 5.74) is 3.68. The predicted octanol–water partition coefficient (Wildman–Crippen LogP) is 3.62. The predicted molar refractivity (Wildman–Crippen MR) is 99.1 cm³/mol. The molecule has 0 bridgehead atoms. The second kappa shape index (κ2) is 6.53. The highest BCUT2D eigenvalue weighted by atomic mass is 15.6. The number of aromatic nitrogens is 2. The number of hydrogen-bond acceptors (Lipinski definition) is 4. The Balaban J connectivity index is 1.74. The molecule has 0 amide bonds. The summed E-state index contributed by atoms with van der Waals surface area (Å²) in [4.78, 5) is 0. The monoisotopic (exact) mass is 321 g/mol. The number of rotatable bonds is 4. The van der Waals surface area contributed by atoms with Crippen LogP contribution in [0.1, 0.15) is 18.4 Å². The average molecular weight is 321 g/mol. The minimum absolute atomic E-state index is 0.888. The van der Waals surface area contributed by atoms with Crippen molar-refractivity contribution in [2.24, 2.45) is 0 Å². The van der Waals surface area contributed by atoms with Gasteiger partial charge in [0.15, 0.2) is 0 Å². The van der Waals surface area contributed by atoms with Crippen LogP contribution in [-0.4, -0.2) is 35.3 Å². The summed E-state index contributed by atoms with van der Waals surface area (Å²) in [6, 6.07) is 13.1. The van der Waals surface area contributed by atoms with Gasteiger partial charge in [0.1, 0.15) is 0 Å². The van der Waals surface area contributed by atoms with Gasteiger partial charge in [-0.05, 0) is 25.0 Å². The van der Waals surface area contributed by atoms with Gasteiger partial charge in [0, 0.05) is 54.9 Å². The van der Waals surface area contributed by atoms with E-state index < -0.39 is 0 Å². The molecule has 1 aliphatic rings. The van der Waals surface area contributed by atoms with Gasteiger partial charge in [-0.2, -0.15) is 5.10 Å². The Morgan fingerprint density at radius 2 is 1.92 bits per heavy atom. The molecule has 24 heavy (non-hydrogen) atoms. The Kier molecular flexibility index (Phi) is 4.09. The van der Waals surface area contributed by atoms with Gasteiger partial charge < -0.3 is 10.3 Å². The Morgan fingerprint density at radius 3 is 2.71 bits per heavy atom. The second-order valence-corrected chi connectivity index (χ2v) is 6.25. The highest BCUT2D eigenvalue weighted by Crippen LogP contribution is 2.34. The zero-order valence-corrected chi connectivity index (χ0v) is 14.0. The molecule has 0 radical (unpaired) electrons. The molecule has 1 aromatic heterocycles. The molecule has 2 N–H and O–H groups in total. The van der Waals surface area contributed by atoms with Crippen LogP contribution >= 0.6 is 0 Å². The molecule has 0 atom stereocenters. The number of aromatic amines is 1. The molecule has 1 saturated heterocycles.